The summed E-state index contributed by atoms with van der Waals surface area (Å²) in [5.74, 6) is 2.45. The maximum atomic E-state index is 12.7. The van der Waals surface area contributed by atoms with Gasteiger partial charge in [-0.2, -0.15) is 0 Å². The number of carbonyl (C=O) groups excluding carboxylic acids is 1. The predicted octanol–water partition coefficient (Wildman–Crippen LogP) is 3.64. The Morgan fingerprint density at radius 2 is 1.96 bits per heavy atom. The molecule has 2 aromatic rings. The van der Waals surface area contributed by atoms with Crippen molar-refractivity contribution in [3.8, 4) is 17.2 Å². The van der Waals surface area contributed by atoms with Gasteiger partial charge >= 0.3 is 0 Å². The fourth-order valence-corrected chi connectivity index (χ4v) is 4.10. The predicted molar refractivity (Wildman–Crippen MR) is 96.8 cm³/mol. The third kappa shape index (κ3) is 3.32. The van der Waals surface area contributed by atoms with Crippen LogP contribution in [0.25, 0.3) is 11.5 Å². The van der Waals surface area contributed by atoms with Gasteiger partial charge in [0.25, 0.3) is 5.89 Å². The first-order valence-corrected chi connectivity index (χ1v) is 9.52. The lowest BCUT2D eigenvalue weighted by Crippen LogP contribution is -2.35. The highest BCUT2D eigenvalue weighted by Crippen LogP contribution is 2.34. The van der Waals surface area contributed by atoms with Crippen LogP contribution in [0, 0.1) is 5.92 Å². The fourth-order valence-electron chi connectivity index (χ4n) is 4.10. The van der Waals surface area contributed by atoms with Crippen molar-refractivity contribution in [3.05, 3.63) is 30.2 Å². The molecule has 1 atom stereocenters. The Morgan fingerprint density at radius 1 is 1.15 bits per heavy atom. The second kappa shape index (κ2) is 7.48. The molecule has 2 aliphatic rings. The molecule has 26 heavy (non-hydrogen) atoms. The third-order valence-electron chi connectivity index (χ3n) is 5.58. The van der Waals surface area contributed by atoms with Crippen molar-refractivity contribution in [2.24, 2.45) is 5.92 Å². The molecule has 1 aromatic carbocycles. The van der Waals surface area contributed by atoms with E-state index < -0.39 is 0 Å². The zero-order valence-corrected chi connectivity index (χ0v) is 15.2. The fraction of sp³-hybridized carbons (Fsp3) is 0.550. The number of amides is 1. The van der Waals surface area contributed by atoms with Gasteiger partial charge in [-0.3, -0.25) is 4.79 Å². The molecule has 1 aliphatic heterocycles. The van der Waals surface area contributed by atoms with Gasteiger partial charge < -0.3 is 14.1 Å². The van der Waals surface area contributed by atoms with E-state index in [0.717, 1.165) is 31.4 Å². The van der Waals surface area contributed by atoms with E-state index in [1.807, 2.05) is 29.2 Å². The molecule has 2 fully saturated rings. The van der Waals surface area contributed by atoms with Crippen molar-refractivity contribution in [1.82, 2.24) is 15.1 Å². The van der Waals surface area contributed by atoms with Crippen molar-refractivity contribution >= 4 is 5.91 Å². The van der Waals surface area contributed by atoms with Crippen LogP contribution < -0.4 is 4.74 Å². The van der Waals surface area contributed by atoms with E-state index in [1.54, 1.807) is 7.11 Å². The van der Waals surface area contributed by atoms with Gasteiger partial charge in [-0.1, -0.05) is 31.4 Å². The Labute approximate surface area is 153 Å². The normalized spacial score (nSPS) is 21.1. The van der Waals surface area contributed by atoms with Crippen LogP contribution in [0.3, 0.4) is 0 Å². The maximum absolute atomic E-state index is 12.7. The van der Waals surface area contributed by atoms with Gasteiger partial charge in [0.15, 0.2) is 0 Å². The molecule has 6 nitrogen and oxygen atoms in total. The highest BCUT2D eigenvalue weighted by molar-refractivity contribution is 5.79. The molecule has 1 aromatic heterocycles. The first-order chi connectivity index (χ1) is 12.8. The number of hydrogen-bond donors (Lipinski definition) is 0. The number of likely N-dealkylation sites (tertiary alicyclic amines) is 1. The molecule has 1 amide bonds. The quantitative estimate of drug-likeness (QED) is 0.837. The summed E-state index contributed by atoms with van der Waals surface area (Å²) in [5.41, 5.74) is 0.793. The molecule has 1 saturated carbocycles. The average Bonchev–Trinajstić information content (AvgIpc) is 3.37. The van der Waals surface area contributed by atoms with Crippen LogP contribution in [-0.2, 0) is 4.79 Å². The lowest BCUT2D eigenvalue weighted by molar-refractivity contribution is -0.135. The SMILES string of the molecule is COc1ccccc1-c1nnc([C@H]2CCN(C(=O)C3CCCCC3)C2)o1. The molecule has 1 saturated heterocycles. The van der Waals surface area contributed by atoms with Gasteiger partial charge in [-0.05, 0) is 31.4 Å². The number of methoxy groups -OCH3 is 1. The van der Waals surface area contributed by atoms with E-state index in [2.05, 4.69) is 10.2 Å². The summed E-state index contributed by atoms with van der Waals surface area (Å²) < 4.78 is 11.3. The van der Waals surface area contributed by atoms with Crippen LogP contribution in [0.15, 0.2) is 28.7 Å². The van der Waals surface area contributed by atoms with Gasteiger partial charge in [0.05, 0.1) is 18.6 Å². The molecule has 0 unspecified atom stereocenters. The minimum Gasteiger partial charge on any atom is -0.496 e. The van der Waals surface area contributed by atoms with E-state index >= 15 is 0 Å². The van der Waals surface area contributed by atoms with Crippen molar-refractivity contribution < 1.29 is 13.9 Å². The second-order valence-corrected chi connectivity index (χ2v) is 7.25. The number of rotatable bonds is 4. The number of aromatic nitrogens is 2. The lowest BCUT2D eigenvalue weighted by Gasteiger charge is -2.26. The van der Waals surface area contributed by atoms with Gasteiger partial charge in [0, 0.05) is 19.0 Å². The molecule has 0 spiro atoms. The average molecular weight is 355 g/mol. The molecular weight excluding hydrogens is 330 g/mol. The highest BCUT2D eigenvalue weighted by atomic mass is 16.5. The number of hydrogen-bond acceptors (Lipinski definition) is 5. The number of para-hydroxylation sites is 1. The van der Waals surface area contributed by atoms with E-state index in [9.17, 15) is 4.79 Å². The molecular formula is C20H25N3O3. The Balaban J connectivity index is 1.45. The van der Waals surface area contributed by atoms with E-state index in [4.69, 9.17) is 9.15 Å². The first kappa shape index (κ1) is 17.1. The summed E-state index contributed by atoms with van der Waals surface area (Å²) in [5, 5.41) is 8.45. The van der Waals surface area contributed by atoms with Crippen molar-refractivity contribution in [1.29, 1.82) is 0 Å². The zero-order valence-electron chi connectivity index (χ0n) is 15.2. The molecule has 138 valence electrons. The van der Waals surface area contributed by atoms with Gasteiger partial charge in [0.2, 0.25) is 11.8 Å². The molecule has 4 rings (SSSR count). The van der Waals surface area contributed by atoms with E-state index in [0.29, 0.717) is 30.0 Å². The summed E-state index contributed by atoms with van der Waals surface area (Å²) in [4.78, 5) is 14.7. The Morgan fingerprint density at radius 3 is 2.77 bits per heavy atom. The topological polar surface area (TPSA) is 68.5 Å². The molecule has 2 heterocycles. The summed E-state index contributed by atoms with van der Waals surface area (Å²) in [6.07, 6.45) is 6.59. The summed E-state index contributed by atoms with van der Waals surface area (Å²) in [6, 6.07) is 7.61. The monoisotopic (exact) mass is 355 g/mol. The van der Waals surface area contributed by atoms with Crippen molar-refractivity contribution in [3.63, 3.8) is 0 Å². The van der Waals surface area contributed by atoms with E-state index in [-0.39, 0.29) is 11.8 Å². The molecule has 6 heteroatoms. The van der Waals surface area contributed by atoms with Crippen LogP contribution >= 0.6 is 0 Å². The highest BCUT2D eigenvalue weighted by Gasteiger charge is 2.34. The Kier molecular flexibility index (Phi) is 4.91. The smallest absolute Gasteiger partial charge is 0.251 e. The number of benzene rings is 1. The number of nitrogens with zero attached hydrogens (tertiary/aromatic N) is 3. The third-order valence-corrected chi connectivity index (χ3v) is 5.58. The zero-order chi connectivity index (χ0) is 17.9. The van der Waals surface area contributed by atoms with Crippen LogP contribution in [0.4, 0.5) is 0 Å². The van der Waals surface area contributed by atoms with Crippen molar-refractivity contribution in [2.75, 3.05) is 20.2 Å². The largest absolute Gasteiger partial charge is 0.496 e. The first-order valence-electron chi connectivity index (χ1n) is 9.52. The number of carbonyl (C=O) groups is 1. The molecule has 0 radical (unpaired) electrons. The standard InChI is InChI=1S/C20H25N3O3/c1-25-17-10-6-5-9-16(17)19-22-21-18(26-19)15-11-12-23(13-15)20(24)14-7-3-2-4-8-14/h5-6,9-10,14-15H,2-4,7-8,11-13H2,1H3/t15-/m0/s1. The maximum Gasteiger partial charge on any atom is 0.251 e. The van der Waals surface area contributed by atoms with Gasteiger partial charge in [-0.25, -0.2) is 0 Å². The van der Waals surface area contributed by atoms with Crippen LogP contribution in [0.2, 0.25) is 0 Å². The molecule has 0 N–H and O–H groups in total. The molecule has 1 aliphatic carbocycles. The van der Waals surface area contributed by atoms with Gasteiger partial charge in [-0.15, -0.1) is 10.2 Å². The van der Waals surface area contributed by atoms with Crippen LogP contribution in [0.5, 0.6) is 5.75 Å². The Bertz CT molecular complexity index is 767. The lowest BCUT2D eigenvalue weighted by atomic mass is 9.88. The summed E-state index contributed by atoms with van der Waals surface area (Å²) in [7, 11) is 1.63. The molecule has 0 bridgehead atoms. The van der Waals surface area contributed by atoms with E-state index in [1.165, 1.54) is 19.3 Å². The van der Waals surface area contributed by atoms with Crippen LogP contribution in [-0.4, -0.2) is 41.2 Å². The Hall–Kier alpha value is -2.37. The van der Waals surface area contributed by atoms with Crippen LogP contribution in [0.1, 0.15) is 50.3 Å². The van der Waals surface area contributed by atoms with Gasteiger partial charge in [0.1, 0.15) is 5.75 Å². The number of ether oxygens (including phenoxy) is 1. The minimum absolute atomic E-state index is 0.124. The second-order valence-electron chi connectivity index (χ2n) is 7.25. The minimum atomic E-state index is 0.124. The summed E-state index contributed by atoms with van der Waals surface area (Å²) in [6.45, 7) is 1.47. The van der Waals surface area contributed by atoms with Crippen molar-refractivity contribution in [2.45, 2.75) is 44.4 Å². The summed E-state index contributed by atoms with van der Waals surface area (Å²) >= 11 is 0.